The number of aliphatic hydroxyl groups excluding tert-OH is 1. The van der Waals surface area contributed by atoms with E-state index >= 15 is 0 Å². The summed E-state index contributed by atoms with van der Waals surface area (Å²) in [6.45, 7) is 4.03. The summed E-state index contributed by atoms with van der Waals surface area (Å²) in [5.74, 6) is -0.598. The fraction of sp³-hybridized carbons (Fsp3) is 0.778. The van der Waals surface area contributed by atoms with E-state index in [2.05, 4.69) is 86.8 Å². The molecule has 5 heteroatoms. The third-order valence-corrected chi connectivity index (χ3v) is 13.0. The van der Waals surface area contributed by atoms with E-state index in [9.17, 15) is 14.7 Å². The number of carbonyl (C=O) groups is 2. The summed E-state index contributed by atoms with van der Waals surface area (Å²) >= 11 is 0. The minimum atomic E-state index is -0.782. The van der Waals surface area contributed by atoms with Crippen LogP contribution in [0.3, 0.4) is 0 Å². The van der Waals surface area contributed by atoms with Gasteiger partial charge in [-0.25, -0.2) is 0 Å². The summed E-state index contributed by atoms with van der Waals surface area (Å²) in [4.78, 5) is 24.5. The lowest BCUT2D eigenvalue weighted by atomic mass is 10.0. The molecule has 0 rings (SSSR count). The second-order valence-electron chi connectivity index (χ2n) is 19.7. The maximum Gasteiger partial charge on any atom is 0.306 e. The van der Waals surface area contributed by atoms with Gasteiger partial charge in [0.05, 0.1) is 6.61 Å². The molecule has 0 bridgehead atoms. The smallest absolute Gasteiger partial charge is 0.306 e. The number of hydrogen-bond acceptors (Lipinski definition) is 5. The monoisotopic (exact) mass is 949 g/mol. The molecular formula is C63H112O5. The van der Waals surface area contributed by atoms with Crippen LogP contribution in [0, 0.1) is 0 Å². The molecule has 0 saturated carbocycles. The third-order valence-electron chi connectivity index (χ3n) is 13.0. The molecule has 5 nitrogen and oxygen atoms in total. The van der Waals surface area contributed by atoms with E-state index in [1.54, 1.807) is 0 Å². The lowest BCUT2D eigenvalue weighted by molar-refractivity contribution is -0.161. The lowest BCUT2D eigenvalue weighted by Crippen LogP contribution is -2.28. The Labute approximate surface area is 423 Å². The van der Waals surface area contributed by atoms with Gasteiger partial charge in [-0.2, -0.15) is 0 Å². The fourth-order valence-electron chi connectivity index (χ4n) is 8.58. The molecule has 1 unspecified atom stereocenters. The van der Waals surface area contributed by atoms with Crippen molar-refractivity contribution in [2.24, 2.45) is 0 Å². The van der Waals surface area contributed by atoms with Gasteiger partial charge >= 0.3 is 11.9 Å². The topological polar surface area (TPSA) is 72.8 Å². The average Bonchev–Trinajstić information content (AvgIpc) is 3.34. The number of hydrogen-bond donors (Lipinski definition) is 1. The maximum atomic E-state index is 12.3. The number of rotatable bonds is 54. The van der Waals surface area contributed by atoms with Crippen LogP contribution in [0.15, 0.2) is 72.9 Å². The maximum absolute atomic E-state index is 12.3. The van der Waals surface area contributed by atoms with Gasteiger partial charge in [-0.15, -0.1) is 0 Å². The molecule has 1 atom stereocenters. The predicted octanol–water partition coefficient (Wildman–Crippen LogP) is 20.0. The number of allylic oxidation sites excluding steroid dienone is 12. The van der Waals surface area contributed by atoms with Gasteiger partial charge in [-0.3, -0.25) is 9.59 Å². The molecule has 0 amide bonds. The molecule has 0 aliphatic heterocycles. The fourth-order valence-corrected chi connectivity index (χ4v) is 8.58. The van der Waals surface area contributed by atoms with Gasteiger partial charge < -0.3 is 14.6 Å². The summed E-state index contributed by atoms with van der Waals surface area (Å²) in [7, 11) is 0. The highest BCUT2D eigenvalue weighted by molar-refractivity contribution is 5.70. The van der Waals surface area contributed by atoms with E-state index in [1.165, 1.54) is 193 Å². The first kappa shape index (κ1) is 65.3. The Hall–Kier alpha value is -2.66. The van der Waals surface area contributed by atoms with Crippen molar-refractivity contribution < 1.29 is 24.2 Å². The van der Waals surface area contributed by atoms with Crippen molar-refractivity contribution in [2.45, 2.75) is 302 Å². The van der Waals surface area contributed by atoms with E-state index in [0.29, 0.717) is 12.8 Å². The van der Waals surface area contributed by atoms with E-state index < -0.39 is 6.10 Å². The van der Waals surface area contributed by atoms with Crippen LogP contribution >= 0.6 is 0 Å². The summed E-state index contributed by atoms with van der Waals surface area (Å²) < 4.78 is 10.7. The Bertz CT molecular complexity index is 1210. The van der Waals surface area contributed by atoms with Crippen molar-refractivity contribution in [3.05, 3.63) is 72.9 Å². The first-order valence-electron chi connectivity index (χ1n) is 29.5. The first-order chi connectivity index (χ1) is 33.6. The summed E-state index contributed by atoms with van der Waals surface area (Å²) in [5, 5.41) is 9.65. The highest BCUT2D eigenvalue weighted by Gasteiger charge is 2.16. The number of carbonyl (C=O) groups excluding carboxylic acids is 2. The van der Waals surface area contributed by atoms with Crippen LogP contribution in [0.25, 0.3) is 0 Å². The Kier molecular flexibility index (Phi) is 56.4. The summed E-state index contributed by atoms with van der Waals surface area (Å²) in [6.07, 6.45) is 80.4. The standard InChI is InChI=1S/C63H112O5/c1-3-5-7-9-11-13-15-17-19-21-23-24-25-26-27-28-29-30-31-32-33-34-35-36-37-38-40-41-43-45-47-49-51-53-55-57-62(65)67-60-61(59-64)68-63(66)58-56-54-52-50-48-46-44-42-39-22-20-18-16-14-12-10-8-6-4-2/h6,8,12,14-15,17-18,20-21,23,39,42,61,64H,3-5,7,9-11,13,16,19,22,24-38,40-41,43-60H2,1-2H3/b8-6-,14-12-,17-15-,20-18-,23-21-,42-39-. The van der Waals surface area contributed by atoms with Gasteiger partial charge in [-0.1, -0.05) is 273 Å². The number of ether oxygens (including phenoxy) is 2. The van der Waals surface area contributed by atoms with Crippen LogP contribution in [0.1, 0.15) is 296 Å². The van der Waals surface area contributed by atoms with E-state index in [-0.39, 0.29) is 25.2 Å². The van der Waals surface area contributed by atoms with Gasteiger partial charge in [0.2, 0.25) is 0 Å². The second kappa shape index (κ2) is 58.7. The van der Waals surface area contributed by atoms with E-state index in [1.807, 2.05) is 0 Å². The highest BCUT2D eigenvalue weighted by Crippen LogP contribution is 2.17. The molecule has 0 aromatic rings. The average molecular weight is 950 g/mol. The normalized spacial score (nSPS) is 12.7. The lowest BCUT2D eigenvalue weighted by Gasteiger charge is -2.15. The molecule has 0 fully saturated rings. The molecule has 0 aromatic carbocycles. The molecule has 394 valence electrons. The molecule has 0 aliphatic carbocycles. The van der Waals surface area contributed by atoms with Crippen molar-refractivity contribution in [1.29, 1.82) is 0 Å². The largest absolute Gasteiger partial charge is 0.462 e. The molecule has 68 heavy (non-hydrogen) atoms. The van der Waals surface area contributed by atoms with Crippen molar-refractivity contribution in [2.75, 3.05) is 13.2 Å². The zero-order valence-corrected chi connectivity index (χ0v) is 45.1. The van der Waals surface area contributed by atoms with Gasteiger partial charge in [0.25, 0.3) is 0 Å². The van der Waals surface area contributed by atoms with Crippen molar-refractivity contribution >= 4 is 11.9 Å². The zero-order valence-electron chi connectivity index (χ0n) is 45.1. The van der Waals surface area contributed by atoms with Gasteiger partial charge in [-0.05, 0) is 83.5 Å². The number of unbranched alkanes of at least 4 members (excludes halogenated alkanes) is 34. The number of esters is 2. The third kappa shape index (κ3) is 55.9. The summed E-state index contributed by atoms with van der Waals surface area (Å²) in [5.41, 5.74) is 0. The molecule has 0 saturated heterocycles. The van der Waals surface area contributed by atoms with Crippen molar-refractivity contribution in [1.82, 2.24) is 0 Å². The minimum Gasteiger partial charge on any atom is -0.462 e. The van der Waals surface area contributed by atoms with Crippen molar-refractivity contribution in [3.8, 4) is 0 Å². The Morgan fingerprint density at radius 3 is 0.956 bits per heavy atom. The van der Waals surface area contributed by atoms with Crippen LogP contribution in [0.2, 0.25) is 0 Å². The quantitative estimate of drug-likeness (QED) is 0.0374. The molecule has 0 heterocycles. The molecule has 1 N–H and O–H groups in total. The molecule has 0 radical (unpaired) electrons. The predicted molar refractivity (Wildman–Crippen MR) is 297 cm³/mol. The van der Waals surface area contributed by atoms with Crippen LogP contribution < -0.4 is 0 Å². The number of aliphatic hydroxyl groups is 1. The van der Waals surface area contributed by atoms with Crippen LogP contribution in [0.4, 0.5) is 0 Å². The SMILES string of the molecule is CC/C=C\C/C=C\C/C=C\C/C=C\CCCCCCCCC(=O)OC(CO)COC(=O)CCCCCCCCCCCCCCCCCCCCCCCCC/C=C\C/C=C\CCCCCCC. The Morgan fingerprint density at radius 1 is 0.353 bits per heavy atom. The van der Waals surface area contributed by atoms with Crippen LogP contribution in [0.5, 0.6) is 0 Å². The Morgan fingerprint density at radius 2 is 0.632 bits per heavy atom. The van der Waals surface area contributed by atoms with Gasteiger partial charge in [0.1, 0.15) is 6.61 Å². The molecule has 0 aromatic heterocycles. The van der Waals surface area contributed by atoms with Gasteiger partial charge in [0.15, 0.2) is 6.10 Å². The zero-order chi connectivity index (χ0) is 49.2. The summed E-state index contributed by atoms with van der Waals surface area (Å²) in [6, 6.07) is 0. The second-order valence-corrected chi connectivity index (χ2v) is 19.7. The van der Waals surface area contributed by atoms with E-state index in [4.69, 9.17) is 9.47 Å². The van der Waals surface area contributed by atoms with E-state index in [0.717, 1.165) is 77.0 Å². The first-order valence-corrected chi connectivity index (χ1v) is 29.5. The molecule has 0 aliphatic rings. The highest BCUT2D eigenvalue weighted by atomic mass is 16.6. The van der Waals surface area contributed by atoms with Crippen LogP contribution in [-0.2, 0) is 19.1 Å². The molecular weight excluding hydrogens is 837 g/mol. The van der Waals surface area contributed by atoms with Crippen LogP contribution in [-0.4, -0.2) is 36.4 Å². The minimum absolute atomic E-state index is 0.0715. The van der Waals surface area contributed by atoms with Gasteiger partial charge in [0, 0.05) is 12.8 Å². The molecule has 0 spiro atoms. The van der Waals surface area contributed by atoms with Crippen molar-refractivity contribution in [3.63, 3.8) is 0 Å². The Balaban J connectivity index is 3.43.